The Balaban J connectivity index is 1.85. The van der Waals surface area contributed by atoms with E-state index in [-0.39, 0.29) is 5.91 Å². The number of amides is 1. The molecule has 2 rings (SSSR count). The second kappa shape index (κ2) is 7.24. The second-order valence-corrected chi connectivity index (χ2v) is 5.70. The van der Waals surface area contributed by atoms with Crippen LogP contribution in [0.25, 0.3) is 11.0 Å². The van der Waals surface area contributed by atoms with Gasteiger partial charge in [0.2, 0.25) is 0 Å². The van der Waals surface area contributed by atoms with Crippen LogP contribution in [0.5, 0.6) is 0 Å². The summed E-state index contributed by atoms with van der Waals surface area (Å²) in [4.78, 5) is 11.9. The monoisotopic (exact) mass is 292 g/mol. The molecule has 1 amide bonds. The molecule has 2 aromatic rings. The zero-order valence-electron chi connectivity index (χ0n) is 11.6. The van der Waals surface area contributed by atoms with Gasteiger partial charge in [-0.1, -0.05) is 6.42 Å². The van der Waals surface area contributed by atoms with E-state index in [1.54, 1.807) is 24.3 Å². The smallest absolute Gasteiger partial charge is 0.287 e. The average Bonchev–Trinajstić information content (AvgIpc) is 2.85. The third-order valence-electron chi connectivity index (χ3n) is 3.07. The van der Waals surface area contributed by atoms with Gasteiger partial charge in [-0.3, -0.25) is 4.79 Å². The summed E-state index contributed by atoms with van der Waals surface area (Å²) in [6, 6.07) is 7.08. The number of nitrogen functional groups attached to an aromatic ring is 1. The van der Waals surface area contributed by atoms with Gasteiger partial charge in [-0.2, -0.15) is 11.8 Å². The van der Waals surface area contributed by atoms with Crippen LogP contribution in [0.4, 0.5) is 5.69 Å². The Morgan fingerprint density at radius 3 is 2.95 bits per heavy atom. The number of furan rings is 1. The molecule has 0 saturated carbocycles. The fraction of sp³-hybridized carbons (Fsp3) is 0.400. The maximum absolute atomic E-state index is 11.9. The number of carbonyl (C=O) groups is 1. The van der Waals surface area contributed by atoms with Crippen LogP contribution in [0.3, 0.4) is 0 Å². The van der Waals surface area contributed by atoms with Crippen molar-refractivity contribution in [1.82, 2.24) is 5.32 Å². The van der Waals surface area contributed by atoms with Crippen molar-refractivity contribution in [1.29, 1.82) is 0 Å². The lowest BCUT2D eigenvalue weighted by molar-refractivity contribution is 0.0927. The van der Waals surface area contributed by atoms with E-state index < -0.39 is 0 Å². The molecule has 0 atom stereocenters. The van der Waals surface area contributed by atoms with Gasteiger partial charge in [-0.25, -0.2) is 0 Å². The molecule has 1 aromatic carbocycles. The highest BCUT2D eigenvalue weighted by Gasteiger charge is 2.11. The summed E-state index contributed by atoms with van der Waals surface area (Å²) in [6.07, 6.45) is 5.44. The van der Waals surface area contributed by atoms with E-state index in [0.29, 0.717) is 23.6 Å². The lowest BCUT2D eigenvalue weighted by Gasteiger charge is -2.02. The third kappa shape index (κ3) is 3.93. The Hall–Kier alpha value is -1.62. The number of nitrogens with one attached hydrogen (secondary N) is 1. The molecule has 0 unspecified atom stereocenters. The minimum Gasteiger partial charge on any atom is -0.451 e. The molecule has 0 saturated heterocycles. The minimum atomic E-state index is -0.162. The normalized spacial score (nSPS) is 10.8. The molecule has 0 aliphatic heterocycles. The molecule has 0 aliphatic rings. The number of rotatable bonds is 7. The molecular weight excluding hydrogens is 272 g/mol. The number of fused-ring (bicyclic) bond motifs is 1. The second-order valence-electron chi connectivity index (χ2n) is 4.72. The Bertz CT molecular complexity index is 580. The van der Waals surface area contributed by atoms with Gasteiger partial charge in [0.1, 0.15) is 5.58 Å². The quantitative estimate of drug-likeness (QED) is 0.607. The topological polar surface area (TPSA) is 68.3 Å². The summed E-state index contributed by atoms with van der Waals surface area (Å²) in [5, 5.41) is 3.74. The van der Waals surface area contributed by atoms with E-state index >= 15 is 0 Å². The SMILES string of the molecule is CSCCCCCNC(=O)c1cc2cc(N)ccc2o1. The van der Waals surface area contributed by atoms with E-state index in [0.717, 1.165) is 18.2 Å². The van der Waals surface area contributed by atoms with E-state index in [9.17, 15) is 4.79 Å². The lowest BCUT2D eigenvalue weighted by Crippen LogP contribution is -2.23. The van der Waals surface area contributed by atoms with Gasteiger partial charge in [0.25, 0.3) is 5.91 Å². The molecule has 1 heterocycles. The van der Waals surface area contributed by atoms with Gasteiger partial charge < -0.3 is 15.5 Å². The molecule has 5 heteroatoms. The Labute approximate surface area is 123 Å². The van der Waals surface area contributed by atoms with Crippen LogP contribution in [0, 0.1) is 0 Å². The van der Waals surface area contributed by atoms with Gasteiger partial charge in [0, 0.05) is 17.6 Å². The predicted octanol–water partition coefficient (Wildman–Crippen LogP) is 3.28. The van der Waals surface area contributed by atoms with Crippen molar-refractivity contribution in [2.45, 2.75) is 19.3 Å². The summed E-state index contributed by atoms with van der Waals surface area (Å²) in [6.45, 7) is 0.687. The van der Waals surface area contributed by atoms with Gasteiger partial charge in [0.15, 0.2) is 5.76 Å². The average molecular weight is 292 g/mol. The summed E-state index contributed by atoms with van der Waals surface area (Å²) in [7, 11) is 0. The zero-order chi connectivity index (χ0) is 14.4. The molecule has 0 bridgehead atoms. The number of carbonyl (C=O) groups excluding carboxylic acids is 1. The van der Waals surface area contributed by atoms with Gasteiger partial charge in [-0.05, 0) is 49.1 Å². The molecule has 4 nitrogen and oxygen atoms in total. The van der Waals surface area contributed by atoms with Crippen LogP contribution in [0.1, 0.15) is 29.8 Å². The van der Waals surface area contributed by atoms with E-state index in [4.69, 9.17) is 10.2 Å². The van der Waals surface area contributed by atoms with Gasteiger partial charge in [0.05, 0.1) is 0 Å². The van der Waals surface area contributed by atoms with Crippen LogP contribution >= 0.6 is 11.8 Å². The number of hydrogen-bond acceptors (Lipinski definition) is 4. The molecule has 1 aromatic heterocycles. The highest BCUT2D eigenvalue weighted by atomic mass is 32.2. The first-order chi connectivity index (χ1) is 9.70. The molecule has 108 valence electrons. The molecule has 3 N–H and O–H groups in total. The maximum atomic E-state index is 11.9. The highest BCUT2D eigenvalue weighted by molar-refractivity contribution is 7.98. The summed E-state index contributed by atoms with van der Waals surface area (Å²) >= 11 is 1.85. The lowest BCUT2D eigenvalue weighted by atomic mass is 10.2. The summed E-state index contributed by atoms with van der Waals surface area (Å²) < 4.78 is 5.51. The number of anilines is 1. The van der Waals surface area contributed by atoms with Crippen molar-refractivity contribution in [2.24, 2.45) is 0 Å². The standard InChI is InChI=1S/C15H20N2O2S/c1-20-8-4-2-3-7-17-15(18)14-10-11-9-12(16)5-6-13(11)19-14/h5-6,9-10H,2-4,7-8,16H2,1H3,(H,17,18). The summed E-state index contributed by atoms with van der Waals surface area (Å²) in [5.74, 6) is 1.36. The Morgan fingerprint density at radius 2 is 2.15 bits per heavy atom. The van der Waals surface area contributed by atoms with Crippen molar-refractivity contribution in [2.75, 3.05) is 24.3 Å². The minimum absolute atomic E-state index is 0.162. The Morgan fingerprint density at radius 1 is 1.30 bits per heavy atom. The van der Waals surface area contributed by atoms with Crippen molar-refractivity contribution in [3.05, 3.63) is 30.0 Å². The molecule has 0 radical (unpaired) electrons. The van der Waals surface area contributed by atoms with Crippen molar-refractivity contribution >= 4 is 34.3 Å². The van der Waals surface area contributed by atoms with Crippen LogP contribution in [0.2, 0.25) is 0 Å². The molecule has 0 fully saturated rings. The Kier molecular flexibility index (Phi) is 5.35. The first kappa shape index (κ1) is 14.8. The highest BCUT2D eigenvalue weighted by Crippen LogP contribution is 2.21. The maximum Gasteiger partial charge on any atom is 0.287 e. The fourth-order valence-electron chi connectivity index (χ4n) is 2.01. The van der Waals surface area contributed by atoms with Crippen molar-refractivity contribution < 1.29 is 9.21 Å². The van der Waals surface area contributed by atoms with Crippen LogP contribution in [0.15, 0.2) is 28.7 Å². The molecule has 0 aliphatic carbocycles. The van der Waals surface area contributed by atoms with Gasteiger partial charge >= 0.3 is 0 Å². The van der Waals surface area contributed by atoms with E-state index in [2.05, 4.69) is 11.6 Å². The number of unbranched alkanes of at least 4 members (excludes halogenated alkanes) is 2. The van der Waals surface area contributed by atoms with Gasteiger partial charge in [-0.15, -0.1) is 0 Å². The van der Waals surface area contributed by atoms with Crippen molar-refractivity contribution in [3.63, 3.8) is 0 Å². The molecular formula is C15H20N2O2S. The van der Waals surface area contributed by atoms with Crippen LogP contribution < -0.4 is 11.1 Å². The first-order valence-corrected chi connectivity index (χ1v) is 8.16. The molecule has 20 heavy (non-hydrogen) atoms. The number of thioether (sulfide) groups is 1. The third-order valence-corrected chi connectivity index (χ3v) is 3.77. The predicted molar refractivity (Wildman–Crippen MR) is 85.2 cm³/mol. The number of nitrogens with two attached hydrogens (primary N) is 1. The number of benzene rings is 1. The van der Waals surface area contributed by atoms with Crippen LogP contribution in [-0.4, -0.2) is 24.5 Å². The largest absolute Gasteiger partial charge is 0.451 e. The van der Waals surface area contributed by atoms with E-state index in [1.807, 2.05) is 11.8 Å². The van der Waals surface area contributed by atoms with Crippen molar-refractivity contribution in [3.8, 4) is 0 Å². The first-order valence-electron chi connectivity index (χ1n) is 6.77. The van der Waals surface area contributed by atoms with E-state index in [1.165, 1.54) is 12.2 Å². The van der Waals surface area contributed by atoms with Crippen LogP contribution in [-0.2, 0) is 0 Å². The molecule has 0 spiro atoms. The summed E-state index contributed by atoms with van der Waals surface area (Å²) in [5.41, 5.74) is 7.05. The number of hydrogen-bond donors (Lipinski definition) is 2. The zero-order valence-corrected chi connectivity index (χ0v) is 12.5. The fourth-order valence-corrected chi connectivity index (χ4v) is 2.50.